The highest BCUT2D eigenvalue weighted by molar-refractivity contribution is 5.90. The first-order valence-corrected chi connectivity index (χ1v) is 9.60. The number of amides is 2. The third-order valence-corrected chi connectivity index (χ3v) is 5.09. The maximum absolute atomic E-state index is 12.6. The number of fused-ring (bicyclic) bond motifs is 1. The molecule has 1 fully saturated rings. The van der Waals surface area contributed by atoms with Gasteiger partial charge in [-0.25, -0.2) is 4.79 Å². The molecule has 0 unspecified atom stereocenters. The van der Waals surface area contributed by atoms with Crippen molar-refractivity contribution >= 4 is 17.4 Å². The monoisotopic (exact) mass is 399 g/mol. The molecule has 0 aromatic heterocycles. The van der Waals surface area contributed by atoms with Gasteiger partial charge in [0.05, 0.1) is 14.2 Å². The molecule has 2 amide bonds. The molecule has 2 aliphatic heterocycles. The van der Waals surface area contributed by atoms with Gasteiger partial charge >= 0.3 is 6.03 Å². The molecule has 154 valence electrons. The molecule has 29 heavy (non-hydrogen) atoms. The number of rotatable bonds is 4. The Morgan fingerprint density at radius 1 is 0.897 bits per heavy atom. The number of methoxy groups -OCH3 is 2. The zero-order valence-electron chi connectivity index (χ0n) is 16.6. The topological polar surface area (TPSA) is 72.5 Å². The van der Waals surface area contributed by atoms with Gasteiger partial charge < -0.3 is 34.1 Å². The van der Waals surface area contributed by atoms with E-state index in [-0.39, 0.29) is 6.03 Å². The Morgan fingerprint density at radius 3 is 2.34 bits per heavy atom. The summed E-state index contributed by atoms with van der Waals surface area (Å²) >= 11 is 0. The minimum absolute atomic E-state index is 0.126. The summed E-state index contributed by atoms with van der Waals surface area (Å²) in [5.74, 6) is 2.77. The van der Waals surface area contributed by atoms with Crippen LogP contribution >= 0.6 is 0 Å². The van der Waals surface area contributed by atoms with Gasteiger partial charge in [0.2, 0.25) is 0 Å². The molecule has 1 saturated heterocycles. The van der Waals surface area contributed by atoms with Crippen molar-refractivity contribution in [1.29, 1.82) is 0 Å². The Bertz CT molecular complexity index is 881. The third-order valence-electron chi connectivity index (χ3n) is 5.09. The van der Waals surface area contributed by atoms with Crippen LogP contribution in [0.1, 0.15) is 0 Å². The number of piperazine rings is 1. The second-order valence-electron chi connectivity index (χ2n) is 6.80. The summed E-state index contributed by atoms with van der Waals surface area (Å²) in [4.78, 5) is 16.7. The highest BCUT2D eigenvalue weighted by Crippen LogP contribution is 2.34. The SMILES string of the molecule is COc1ccc(NC(=O)N2CCN(c3ccc4c(c3)OCCO4)CC2)cc1OC. The van der Waals surface area contributed by atoms with Crippen LogP contribution in [0.2, 0.25) is 0 Å². The molecule has 0 atom stereocenters. The van der Waals surface area contributed by atoms with Crippen LogP contribution in [0.15, 0.2) is 36.4 Å². The van der Waals surface area contributed by atoms with Gasteiger partial charge in [-0.2, -0.15) is 0 Å². The normalized spacial score (nSPS) is 15.7. The minimum Gasteiger partial charge on any atom is -0.493 e. The van der Waals surface area contributed by atoms with Crippen LogP contribution in [0.25, 0.3) is 0 Å². The van der Waals surface area contributed by atoms with Crippen LogP contribution in [0.3, 0.4) is 0 Å². The quantitative estimate of drug-likeness (QED) is 0.853. The van der Waals surface area contributed by atoms with Crippen molar-refractivity contribution in [3.63, 3.8) is 0 Å². The maximum Gasteiger partial charge on any atom is 0.321 e. The van der Waals surface area contributed by atoms with Gasteiger partial charge in [-0.15, -0.1) is 0 Å². The van der Waals surface area contributed by atoms with Crippen LogP contribution in [-0.2, 0) is 0 Å². The van der Waals surface area contributed by atoms with Gasteiger partial charge in [-0.3, -0.25) is 0 Å². The molecule has 1 N–H and O–H groups in total. The van der Waals surface area contributed by atoms with E-state index in [1.165, 1.54) is 0 Å². The molecule has 0 aliphatic carbocycles. The van der Waals surface area contributed by atoms with E-state index < -0.39 is 0 Å². The molecule has 0 saturated carbocycles. The maximum atomic E-state index is 12.6. The van der Waals surface area contributed by atoms with Crippen molar-refractivity contribution in [2.45, 2.75) is 0 Å². The lowest BCUT2D eigenvalue weighted by Crippen LogP contribution is -2.50. The number of nitrogens with zero attached hydrogens (tertiary/aromatic N) is 2. The zero-order chi connectivity index (χ0) is 20.2. The second kappa shape index (κ2) is 8.38. The Kier molecular flexibility index (Phi) is 5.50. The van der Waals surface area contributed by atoms with E-state index in [4.69, 9.17) is 18.9 Å². The van der Waals surface area contributed by atoms with Crippen molar-refractivity contribution < 1.29 is 23.7 Å². The van der Waals surface area contributed by atoms with Crippen LogP contribution in [0, 0.1) is 0 Å². The first-order valence-electron chi connectivity index (χ1n) is 9.60. The molecule has 2 heterocycles. The Morgan fingerprint density at radius 2 is 1.62 bits per heavy atom. The van der Waals surface area contributed by atoms with E-state index in [2.05, 4.69) is 10.2 Å². The summed E-state index contributed by atoms with van der Waals surface area (Å²) in [5.41, 5.74) is 1.75. The number of benzene rings is 2. The minimum atomic E-state index is -0.126. The van der Waals surface area contributed by atoms with Crippen LogP contribution in [0.5, 0.6) is 23.0 Å². The molecule has 2 aromatic carbocycles. The largest absolute Gasteiger partial charge is 0.493 e. The lowest BCUT2D eigenvalue weighted by atomic mass is 10.2. The van der Waals surface area contributed by atoms with Gasteiger partial charge in [-0.1, -0.05) is 0 Å². The van der Waals surface area contributed by atoms with Gasteiger partial charge in [0.1, 0.15) is 13.2 Å². The van der Waals surface area contributed by atoms with Gasteiger partial charge in [-0.05, 0) is 24.3 Å². The number of nitrogens with one attached hydrogen (secondary N) is 1. The number of anilines is 2. The summed E-state index contributed by atoms with van der Waals surface area (Å²) in [5, 5.41) is 2.93. The summed E-state index contributed by atoms with van der Waals surface area (Å²) in [6, 6.07) is 11.2. The molecule has 0 bridgehead atoms. The molecule has 0 radical (unpaired) electrons. The van der Waals surface area contributed by atoms with E-state index in [0.717, 1.165) is 30.3 Å². The molecular weight excluding hydrogens is 374 g/mol. The number of carbonyl (C=O) groups excluding carboxylic acids is 1. The standard InChI is InChI=1S/C21H25N3O5/c1-26-17-5-3-15(13-19(17)27-2)22-21(25)24-9-7-23(8-10-24)16-4-6-18-20(14-16)29-12-11-28-18/h3-6,13-14H,7-12H2,1-2H3,(H,22,25). The van der Waals surface area contributed by atoms with Crippen molar-refractivity contribution in [1.82, 2.24) is 4.90 Å². The third kappa shape index (κ3) is 4.11. The molecular formula is C21H25N3O5. The smallest absolute Gasteiger partial charge is 0.321 e. The van der Waals surface area contributed by atoms with E-state index in [9.17, 15) is 4.79 Å². The van der Waals surface area contributed by atoms with Gasteiger partial charge in [0.25, 0.3) is 0 Å². The second-order valence-corrected chi connectivity index (χ2v) is 6.80. The molecule has 0 spiro atoms. The number of carbonyl (C=O) groups is 1. The Balaban J connectivity index is 1.35. The Labute approximate surface area is 169 Å². The van der Waals surface area contributed by atoms with E-state index in [1.54, 1.807) is 32.4 Å². The van der Waals surface area contributed by atoms with Crippen molar-refractivity contribution in [3.05, 3.63) is 36.4 Å². The lowest BCUT2D eigenvalue weighted by molar-refractivity contribution is 0.171. The fraction of sp³-hybridized carbons (Fsp3) is 0.381. The van der Waals surface area contributed by atoms with E-state index in [1.807, 2.05) is 23.1 Å². The van der Waals surface area contributed by atoms with E-state index in [0.29, 0.717) is 43.5 Å². The van der Waals surface area contributed by atoms with Crippen LogP contribution in [-0.4, -0.2) is 64.5 Å². The highest BCUT2D eigenvalue weighted by Gasteiger charge is 2.23. The average Bonchev–Trinajstić information content (AvgIpc) is 2.78. The molecule has 2 aliphatic rings. The fourth-order valence-electron chi connectivity index (χ4n) is 3.51. The van der Waals surface area contributed by atoms with Gasteiger partial charge in [0.15, 0.2) is 23.0 Å². The van der Waals surface area contributed by atoms with Crippen molar-refractivity contribution in [2.24, 2.45) is 0 Å². The van der Waals surface area contributed by atoms with Gasteiger partial charge in [0, 0.05) is 49.7 Å². The summed E-state index contributed by atoms with van der Waals surface area (Å²) < 4.78 is 21.8. The number of ether oxygens (including phenoxy) is 4. The lowest BCUT2D eigenvalue weighted by Gasteiger charge is -2.36. The molecule has 8 heteroatoms. The van der Waals surface area contributed by atoms with E-state index >= 15 is 0 Å². The molecule has 4 rings (SSSR count). The highest BCUT2D eigenvalue weighted by atomic mass is 16.6. The summed E-state index contributed by atoms with van der Waals surface area (Å²) in [6.45, 7) is 3.92. The van der Waals surface area contributed by atoms with Crippen molar-refractivity contribution in [2.75, 3.05) is 63.8 Å². The summed E-state index contributed by atoms with van der Waals surface area (Å²) in [7, 11) is 3.15. The molecule has 2 aromatic rings. The Hall–Kier alpha value is -3.29. The first-order chi connectivity index (χ1) is 14.2. The average molecular weight is 399 g/mol. The number of hydrogen-bond donors (Lipinski definition) is 1. The number of hydrogen-bond acceptors (Lipinski definition) is 6. The zero-order valence-corrected chi connectivity index (χ0v) is 16.6. The molecule has 8 nitrogen and oxygen atoms in total. The summed E-state index contributed by atoms with van der Waals surface area (Å²) in [6.07, 6.45) is 0. The fourth-order valence-corrected chi connectivity index (χ4v) is 3.51. The predicted octanol–water partition coefficient (Wildman–Crippen LogP) is 2.83. The van der Waals surface area contributed by atoms with Crippen LogP contribution < -0.4 is 29.2 Å². The van der Waals surface area contributed by atoms with Crippen molar-refractivity contribution in [3.8, 4) is 23.0 Å². The van der Waals surface area contributed by atoms with Crippen LogP contribution in [0.4, 0.5) is 16.2 Å². The number of urea groups is 1. The predicted molar refractivity (Wildman–Crippen MR) is 110 cm³/mol. The first kappa shape index (κ1) is 19.0.